The lowest BCUT2D eigenvalue weighted by Crippen LogP contribution is -2.34. The molecule has 1 aliphatic rings. The minimum absolute atomic E-state index is 0.166. The molecule has 0 radical (unpaired) electrons. The first kappa shape index (κ1) is 17.3. The number of aryl methyl sites for hydroxylation is 2. The summed E-state index contributed by atoms with van der Waals surface area (Å²) in [7, 11) is 0. The second-order valence-corrected chi connectivity index (χ2v) is 6.89. The molecule has 0 aliphatic heterocycles. The van der Waals surface area contributed by atoms with Gasteiger partial charge in [-0.1, -0.05) is 37.4 Å². The third kappa shape index (κ3) is 4.97. The van der Waals surface area contributed by atoms with Gasteiger partial charge in [0.15, 0.2) is 5.16 Å². The number of carbonyl (C=O) groups is 1. The first-order chi connectivity index (χ1) is 10.6. The van der Waals surface area contributed by atoms with Crippen LogP contribution in [0.5, 0.6) is 0 Å². The first-order valence-corrected chi connectivity index (χ1v) is 9.50. The Hall–Kier alpha value is -1.10. The van der Waals surface area contributed by atoms with Gasteiger partial charge in [-0.3, -0.25) is 4.79 Å². The molecule has 0 unspecified atom stereocenters. The minimum atomic E-state index is 0.166. The number of amides is 1. The highest BCUT2D eigenvalue weighted by atomic mass is 32.2. The molecule has 0 bridgehead atoms. The van der Waals surface area contributed by atoms with Gasteiger partial charge in [0.05, 0.1) is 0 Å². The summed E-state index contributed by atoms with van der Waals surface area (Å²) < 4.78 is 0. The maximum atomic E-state index is 12.2. The van der Waals surface area contributed by atoms with E-state index in [1.54, 1.807) is 11.8 Å². The van der Waals surface area contributed by atoms with Gasteiger partial charge in [0.25, 0.3) is 0 Å². The van der Waals surface area contributed by atoms with Crippen LogP contribution in [0.3, 0.4) is 0 Å². The van der Waals surface area contributed by atoms with Crippen LogP contribution in [-0.2, 0) is 11.2 Å². The van der Waals surface area contributed by atoms with Crippen LogP contribution in [0.4, 0.5) is 0 Å². The molecule has 22 heavy (non-hydrogen) atoms. The molecule has 1 heterocycles. The summed E-state index contributed by atoms with van der Waals surface area (Å²) in [6.45, 7) is 4.01. The fourth-order valence-electron chi connectivity index (χ4n) is 3.12. The SMILES string of the molecule is CSc1nc(C)c(CCC(=O)NC2CCCCCC2)c(C)n1. The van der Waals surface area contributed by atoms with Crippen LogP contribution in [0, 0.1) is 13.8 Å². The number of hydrogen-bond donors (Lipinski definition) is 1. The van der Waals surface area contributed by atoms with Crippen LogP contribution in [0.15, 0.2) is 5.16 Å². The summed E-state index contributed by atoms with van der Waals surface area (Å²) in [5, 5.41) is 4.01. The highest BCUT2D eigenvalue weighted by Crippen LogP contribution is 2.19. The van der Waals surface area contributed by atoms with Crippen LogP contribution < -0.4 is 5.32 Å². The number of hydrogen-bond acceptors (Lipinski definition) is 4. The van der Waals surface area contributed by atoms with Gasteiger partial charge < -0.3 is 5.32 Å². The average molecular weight is 321 g/mol. The van der Waals surface area contributed by atoms with Crippen LogP contribution in [-0.4, -0.2) is 28.2 Å². The number of carbonyl (C=O) groups excluding carboxylic acids is 1. The Kier molecular flexibility index (Phi) is 6.68. The van der Waals surface area contributed by atoms with Gasteiger partial charge >= 0.3 is 0 Å². The molecule has 1 saturated carbocycles. The van der Waals surface area contributed by atoms with Crippen molar-refractivity contribution in [2.75, 3.05) is 6.26 Å². The molecule has 0 atom stereocenters. The van der Waals surface area contributed by atoms with Crippen LogP contribution in [0.25, 0.3) is 0 Å². The van der Waals surface area contributed by atoms with Crippen molar-refractivity contribution < 1.29 is 4.79 Å². The maximum absolute atomic E-state index is 12.2. The number of nitrogens with zero attached hydrogens (tertiary/aromatic N) is 2. The number of nitrogens with one attached hydrogen (secondary N) is 1. The van der Waals surface area contributed by atoms with Gasteiger partial charge in [-0.2, -0.15) is 0 Å². The number of thioether (sulfide) groups is 1. The normalized spacial score (nSPS) is 16.3. The molecule has 5 heteroatoms. The monoisotopic (exact) mass is 321 g/mol. The third-order valence-corrected chi connectivity index (χ3v) is 4.95. The molecule has 0 aromatic carbocycles. The van der Waals surface area contributed by atoms with E-state index in [1.165, 1.54) is 25.7 Å². The fourth-order valence-corrected chi connectivity index (χ4v) is 3.58. The van der Waals surface area contributed by atoms with Crippen molar-refractivity contribution in [1.29, 1.82) is 0 Å². The lowest BCUT2D eigenvalue weighted by molar-refractivity contribution is -0.121. The number of aromatic nitrogens is 2. The third-order valence-electron chi connectivity index (χ3n) is 4.41. The van der Waals surface area contributed by atoms with Gasteiger partial charge in [0.2, 0.25) is 5.91 Å². The zero-order chi connectivity index (χ0) is 15.9. The summed E-state index contributed by atoms with van der Waals surface area (Å²) in [5.74, 6) is 0.166. The Morgan fingerprint density at radius 3 is 2.27 bits per heavy atom. The lowest BCUT2D eigenvalue weighted by Gasteiger charge is -2.16. The van der Waals surface area contributed by atoms with Crippen LogP contribution >= 0.6 is 11.8 Å². The standard InChI is InChI=1S/C17H27N3OS/c1-12-15(13(2)19-17(18-12)22-3)10-11-16(21)20-14-8-6-4-5-7-9-14/h14H,4-11H2,1-3H3,(H,20,21). The Morgan fingerprint density at radius 1 is 1.14 bits per heavy atom. The molecular formula is C17H27N3OS. The Morgan fingerprint density at radius 2 is 1.73 bits per heavy atom. The van der Waals surface area contributed by atoms with Crippen molar-refractivity contribution >= 4 is 17.7 Å². The molecule has 1 amide bonds. The molecule has 0 spiro atoms. The minimum Gasteiger partial charge on any atom is -0.353 e. The van der Waals surface area contributed by atoms with Crippen molar-refractivity contribution in [3.63, 3.8) is 0 Å². The van der Waals surface area contributed by atoms with E-state index in [0.717, 1.165) is 41.4 Å². The molecule has 1 aliphatic carbocycles. The summed E-state index contributed by atoms with van der Waals surface area (Å²) in [6.07, 6.45) is 10.6. The second-order valence-electron chi connectivity index (χ2n) is 6.12. The van der Waals surface area contributed by atoms with E-state index >= 15 is 0 Å². The van der Waals surface area contributed by atoms with Crippen molar-refractivity contribution in [2.24, 2.45) is 0 Å². The highest BCUT2D eigenvalue weighted by molar-refractivity contribution is 7.98. The van der Waals surface area contributed by atoms with E-state index in [0.29, 0.717) is 12.5 Å². The molecule has 1 aromatic heterocycles. The van der Waals surface area contributed by atoms with Gasteiger partial charge in [0, 0.05) is 23.9 Å². The first-order valence-electron chi connectivity index (χ1n) is 8.27. The molecule has 1 N–H and O–H groups in total. The van der Waals surface area contributed by atoms with Crippen molar-refractivity contribution in [3.8, 4) is 0 Å². The zero-order valence-corrected chi connectivity index (χ0v) is 14.8. The fraction of sp³-hybridized carbons (Fsp3) is 0.706. The second kappa shape index (κ2) is 8.51. The average Bonchev–Trinajstić information content (AvgIpc) is 2.74. The predicted molar refractivity (Wildman–Crippen MR) is 91.2 cm³/mol. The van der Waals surface area contributed by atoms with E-state index in [4.69, 9.17) is 0 Å². The van der Waals surface area contributed by atoms with Crippen LogP contribution in [0.1, 0.15) is 61.9 Å². The van der Waals surface area contributed by atoms with E-state index in [1.807, 2.05) is 20.1 Å². The van der Waals surface area contributed by atoms with Crippen molar-refractivity contribution in [3.05, 3.63) is 17.0 Å². The molecule has 0 saturated heterocycles. The largest absolute Gasteiger partial charge is 0.353 e. The van der Waals surface area contributed by atoms with Gasteiger partial charge in [-0.05, 0) is 44.9 Å². The quantitative estimate of drug-likeness (QED) is 0.511. The Bertz CT molecular complexity index is 488. The van der Waals surface area contributed by atoms with E-state index in [9.17, 15) is 4.79 Å². The van der Waals surface area contributed by atoms with Crippen molar-refractivity contribution in [2.45, 2.75) is 76.4 Å². The molecule has 1 fully saturated rings. The van der Waals surface area contributed by atoms with E-state index in [-0.39, 0.29) is 5.91 Å². The smallest absolute Gasteiger partial charge is 0.220 e. The van der Waals surface area contributed by atoms with Gasteiger partial charge in [-0.25, -0.2) is 9.97 Å². The Labute approximate surface area is 137 Å². The molecule has 2 rings (SSSR count). The molecular weight excluding hydrogens is 294 g/mol. The molecule has 4 nitrogen and oxygen atoms in total. The molecule has 1 aromatic rings. The lowest BCUT2D eigenvalue weighted by atomic mass is 10.1. The summed E-state index contributed by atoms with van der Waals surface area (Å²) in [4.78, 5) is 21.1. The van der Waals surface area contributed by atoms with E-state index < -0.39 is 0 Å². The topological polar surface area (TPSA) is 54.9 Å². The Balaban J connectivity index is 1.88. The predicted octanol–water partition coefficient (Wildman–Crippen LogP) is 3.59. The van der Waals surface area contributed by atoms with Gasteiger partial charge in [0.1, 0.15) is 0 Å². The van der Waals surface area contributed by atoms with Crippen LogP contribution in [0.2, 0.25) is 0 Å². The highest BCUT2D eigenvalue weighted by Gasteiger charge is 2.15. The van der Waals surface area contributed by atoms with Crippen molar-refractivity contribution in [1.82, 2.24) is 15.3 Å². The van der Waals surface area contributed by atoms with E-state index in [2.05, 4.69) is 15.3 Å². The number of rotatable bonds is 5. The summed E-state index contributed by atoms with van der Waals surface area (Å²) in [6, 6.07) is 0.382. The zero-order valence-electron chi connectivity index (χ0n) is 13.9. The summed E-state index contributed by atoms with van der Waals surface area (Å²) in [5.41, 5.74) is 3.12. The van der Waals surface area contributed by atoms with Gasteiger partial charge in [-0.15, -0.1) is 0 Å². The summed E-state index contributed by atoms with van der Waals surface area (Å²) >= 11 is 1.55. The molecule has 122 valence electrons. The maximum Gasteiger partial charge on any atom is 0.220 e.